The fourth-order valence-corrected chi connectivity index (χ4v) is 3.60. The zero-order chi connectivity index (χ0) is 17.6. The van der Waals surface area contributed by atoms with Gasteiger partial charge in [0, 0.05) is 25.1 Å². The summed E-state index contributed by atoms with van der Waals surface area (Å²) in [5, 5.41) is 12.3. The van der Waals surface area contributed by atoms with Crippen LogP contribution in [0.1, 0.15) is 44.2 Å². The van der Waals surface area contributed by atoms with Gasteiger partial charge in [-0.25, -0.2) is 14.4 Å². The molecule has 1 saturated carbocycles. The van der Waals surface area contributed by atoms with Crippen LogP contribution in [0.15, 0.2) is 24.3 Å². The van der Waals surface area contributed by atoms with Crippen molar-refractivity contribution in [2.45, 2.75) is 44.6 Å². The van der Waals surface area contributed by atoms with Crippen LogP contribution in [0.5, 0.6) is 0 Å². The van der Waals surface area contributed by atoms with Crippen molar-refractivity contribution in [3.63, 3.8) is 0 Å². The first-order valence-electron chi connectivity index (χ1n) is 8.76. The Hall–Kier alpha value is -2.49. The predicted molar refractivity (Wildman–Crippen MR) is 91.1 cm³/mol. The van der Waals surface area contributed by atoms with Crippen molar-refractivity contribution in [1.82, 2.24) is 14.9 Å². The Balaban J connectivity index is 1.63. The summed E-state index contributed by atoms with van der Waals surface area (Å²) >= 11 is 0. The minimum atomic E-state index is -0.220. The molecule has 1 N–H and O–H groups in total. The Labute approximate surface area is 146 Å². The van der Waals surface area contributed by atoms with Gasteiger partial charge in [0.25, 0.3) is 0 Å². The maximum absolute atomic E-state index is 13.4. The molecule has 2 aliphatic rings. The molecule has 0 bridgehead atoms. The highest BCUT2D eigenvalue weighted by Crippen LogP contribution is 2.30. The summed E-state index contributed by atoms with van der Waals surface area (Å²) in [5.74, 6) is 0.601. The third-order valence-electron chi connectivity index (χ3n) is 4.92. The van der Waals surface area contributed by atoms with Gasteiger partial charge in [0.2, 0.25) is 5.91 Å². The molecule has 0 saturated heterocycles. The molecule has 1 aromatic heterocycles. The molecule has 0 aromatic carbocycles. The van der Waals surface area contributed by atoms with E-state index in [1.54, 1.807) is 17.0 Å². The number of halogens is 1. The maximum Gasteiger partial charge on any atom is 0.223 e. The van der Waals surface area contributed by atoms with Crippen LogP contribution in [0.25, 0.3) is 0 Å². The van der Waals surface area contributed by atoms with Crippen molar-refractivity contribution in [3.05, 3.63) is 30.0 Å². The van der Waals surface area contributed by atoms with Crippen molar-refractivity contribution in [3.8, 4) is 6.07 Å². The van der Waals surface area contributed by atoms with E-state index in [1.807, 2.05) is 6.07 Å². The van der Waals surface area contributed by atoms with E-state index < -0.39 is 0 Å². The van der Waals surface area contributed by atoms with E-state index in [4.69, 9.17) is 5.26 Å². The number of anilines is 1. The van der Waals surface area contributed by atoms with Crippen LogP contribution in [-0.2, 0) is 4.79 Å². The molecule has 2 heterocycles. The average molecular weight is 343 g/mol. The minimum Gasteiger partial charge on any atom is -0.367 e. The Morgan fingerprint density at radius 1 is 1.40 bits per heavy atom. The molecular formula is C18H22FN5O. The third-order valence-corrected chi connectivity index (χ3v) is 4.92. The standard InChI is InChI=1S/C18H22FN5O/c19-14-5-3-7-24(11-14)18(25)8-13-4-1-2-6-16(13)23-17-9-15(10-20)21-12-22-17/h5,9,12-13,16H,1-4,6-8,11H2,(H,21,22,23)/t13-,16-/m0/s1. The summed E-state index contributed by atoms with van der Waals surface area (Å²) in [5.41, 5.74) is 0.316. The second kappa shape index (κ2) is 8.06. The summed E-state index contributed by atoms with van der Waals surface area (Å²) < 4.78 is 13.4. The molecule has 1 aliphatic heterocycles. The highest BCUT2D eigenvalue weighted by atomic mass is 19.1. The SMILES string of the molecule is N#Cc1cc(N[C@H]2CCCC[C@H]2CC(=O)N2CCC=C(F)C2)ncn1. The molecule has 1 aromatic rings. The molecule has 7 heteroatoms. The highest BCUT2D eigenvalue weighted by molar-refractivity contribution is 5.77. The number of nitrogens with one attached hydrogen (secondary N) is 1. The van der Waals surface area contributed by atoms with E-state index in [0.29, 0.717) is 30.9 Å². The number of hydrogen-bond acceptors (Lipinski definition) is 5. The van der Waals surface area contributed by atoms with Crippen LogP contribution in [0.2, 0.25) is 0 Å². The van der Waals surface area contributed by atoms with Crippen molar-refractivity contribution in [2.24, 2.45) is 5.92 Å². The van der Waals surface area contributed by atoms with Gasteiger partial charge in [0.1, 0.15) is 29.7 Å². The molecule has 3 rings (SSSR count). The zero-order valence-corrected chi connectivity index (χ0v) is 14.1. The van der Waals surface area contributed by atoms with E-state index in [1.165, 1.54) is 6.33 Å². The molecule has 2 atom stereocenters. The number of aromatic nitrogens is 2. The average Bonchev–Trinajstić information content (AvgIpc) is 2.63. The highest BCUT2D eigenvalue weighted by Gasteiger charge is 2.29. The van der Waals surface area contributed by atoms with Gasteiger partial charge in [0.15, 0.2) is 0 Å². The lowest BCUT2D eigenvalue weighted by Gasteiger charge is -2.34. The van der Waals surface area contributed by atoms with Crippen LogP contribution in [0.3, 0.4) is 0 Å². The van der Waals surface area contributed by atoms with E-state index >= 15 is 0 Å². The lowest BCUT2D eigenvalue weighted by molar-refractivity contribution is -0.132. The molecule has 25 heavy (non-hydrogen) atoms. The van der Waals surface area contributed by atoms with Crippen LogP contribution in [-0.4, -0.2) is 39.9 Å². The lowest BCUT2D eigenvalue weighted by atomic mass is 9.82. The maximum atomic E-state index is 13.4. The van der Waals surface area contributed by atoms with Crippen molar-refractivity contribution >= 4 is 11.7 Å². The first kappa shape index (κ1) is 17.3. The summed E-state index contributed by atoms with van der Waals surface area (Å²) in [6.45, 7) is 0.690. The largest absolute Gasteiger partial charge is 0.367 e. The summed E-state index contributed by atoms with van der Waals surface area (Å²) in [7, 11) is 0. The van der Waals surface area contributed by atoms with Crippen molar-refractivity contribution in [1.29, 1.82) is 5.26 Å². The predicted octanol–water partition coefficient (Wildman–Crippen LogP) is 2.79. The molecule has 132 valence electrons. The van der Waals surface area contributed by atoms with Gasteiger partial charge >= 0.3 is 0 Å². The number of carbonyl (C=O) groups is 1. The number of nitrogens with zero attached hydrogens (tertiary/aromatic N) is 4. The Kier molecular flexibility index (Phi) is 5.59. The third kappa shape index (κ3) is 4.53. The summed E-state index contributed by atoms with van der Waals surface area (Å²) in [4.78, 5) is 22.2. The van der Waals surface area contributed by atoms with Crippen molar-refractivity contribution < 1.29 is 9.18 Å². The second-order valence-corrected chi connectivity index (χ2v) is 6.65. The number of hydrogen-bond donors (Lipinski definition) is 1. The first-order chi connectivity index (χ1) is 12.2. The number of amides is 1. The second-order valence-electron chi connectivity index (χ2n) is 6.65. The molecule has 0 spiro atoms. The van der Waals surface area contributed by atoms with E-state index in [9.17, 15) is 9.18 Å². The molecule has 6 nitrogen and oxygen atoms in total. The quantitative estimate of drug-likeness (QED) is 0.909. The zero-order valence-electron chi connectivity index (χ0n) is 14.1. The topological polar surface area (TPSA) is 81.9 Å². The van der Waals surface area contributed by atoms with Gasteiger partial charge < -0.3 is 10.2 Å². The van der Waals surface area contributed by atoms with Gasteiger partial charge in [-0.2, -0.15) is 5.26 Å². The number of rotatable bonds is 4. The monoisotopic (exact) mass is 343 g/mol. The molecule has 1 amide bonds. The first-order valence-corrected chi connectivity index (χ1v) is 8.76. The fraction of sp³-hybridized carbons (Fsp3) is 0.556. The van der Waals surface area contributed by atoms with Gasteiger partial charge in [0.05, 0.1) is 6.54 Å². The van der Waals surface area contributed by atoms with Crippen LogP contribution < -0.4 is 5.32 Å². The normalized spacial score (nSPS) is 23.5. The lowest BCUT2D eigenvalue weighted by Crippen LogP contribution is -2.40. The molecule has 0 unspecified atom stereocenters. The molecular weight excluding hydrogens is 321 g/mol. The van der Waals surface area contributed by atoms with E-state index in [2.05, 4.69) is 15.3 Å². The summed E-state index contributed by atoms with van der Waals surface area (Å²) in [6, 6.07) is 3.75. The Morgan fingerprint density at radius 3 is 3.04 bits per heavy atom. The minimum absolute atomic E-state index is 0.0161. The smallest absolute Gasteiger partial charge is 0.223 e. The van der Waals surface area contributed by atoms with Crippen LogP contribution in [0, 0.1) is 17.2 Å². The van der Waals surface area contributed by atoms with Gasteiger partial charge in [-0.3, -0.25) is 4.79 Å². The fourth-order valence-electron chi connectivity index (χ4n) is 3.60. The van der Waals surface area contributed by atoms with E-state index in [-0.39, 0.29) is 30.2 Å². The Morgan fingerprint density at radius 2 is 2.24 bits per heavy atom. The van der Waals surface area contributed by atoms with Gasteiger partial charge in [-0.15, -0.1) is 0 Å². The van der Waals surface area contributed by atoms with Crippen LogP contribution >= 0.6 is 0 Å². The van der Waals surface area contributed by atoms with Crippen molar-refractivity contribution in [2.75, 3.05) is 18.4 Å². The Bertz CT molecular complexity index is 699. The molecule has 1 fully saturated rings. The van der Waals surface area contributed by atoms with Gasteiger partial charge in [-0.05, 0) is 31.3 Å². The van der Waals surface area contributed by atoms with Gasteiger partial charge in [-0.1, -0.05) is 12.8 Å². The van der Waals surface area contributed by atoms with Crippen LogP contribution in [0.4, 0.5) is 10.2 Å². The number of nitriles is 1. The summed E-state index contributed by atoms with van der Waals surface area (Å²) in [6.07, 6.45) is 8.04. The molecule has 1 aliphatic carbocycles. The van der Waals surface area contributed by atoms with E-state index in [0.717, 1.165) is 25.7 Å². The number of carbonyl (C=O) groups excluding carboxylic acids is 1. The molecule has 0 radical (unpaired) electrons.